The Hall–Kier alpha value is -0.670. The summed E-state index contributed by atoms with van der Waals surface area (Å²) >= 11 is 10.8. The summed E-state index contributed by atoms with van der Waals surface area (Å²) in [7, 11) is 0. The van der Waals surface area contributed by atoms with Crippen molar-refractivity contribution in [3.05, 3.63) is 33.3 Å². The molecule has 0 amide bonds. The zero-order chi connectivity index (χ0) is 8.27. The molecule has 1 rings (SSSR count). The molecule has 60 valence electrons. The van der Waals surface area contributed by atoms with Crippen LogP contribution in [0.2, 0.25) is 0 Å². The highest BCUT2D eigenvalue weighted by molar-refractivity contribution is 6.36. The Morgan fingerprint density at radius 1 is 1.82 bits per heavy atom. The number of halogens is 2. The first-order valence-electron chi connectivity index (χ1n) is 2.83. The molecule has 0 fully saturated rings. The lowest BCUT2D eigenvalue weighted by atomic mass is 10.6. The summed E-state index contributed by atoms with van der Waals surface area (Å²) in [5, 5.41) is 0.351. The molecule has 0 aliphatic carbocycles. The average molecular weight is 194 g/mol. The summed E-state index contributed by atoms with van der Waals surface area (Å²) < 4.78 is 5.86. The standard InChI is InChI=1S/C6H5Cl2NO2/c7-3-5(8)4-9-6(10)1-2-11-9/h1-3H,4H2/b5-3+. The van der Waals surface area contributed by atoms with Crippen LogP contribution in [-0.2, 0) is 6.54 Å². The Morgan fingerprint density at radius 3 is 3.00 bits per heavy atom. The van der Waals surface area contributed by atoms with Crippen LogP contribution in [0.3, 0.4) is 0 Å². The fourth-order valence-electron chi connectivity index (χ4n) is 0.584. The highest BCUT2D eigenvalue weighted by Gasteiger charge is 1.99. The predicted molar refractivity (Wildman–Crippen MR) is 42.8 cm³/mol. The molecule has 0 atom stereocenters. The lowest BCUT2D eigenvalue weighted by Crippen LogP contribution is -2.13. The molecular formula is C6H5Cl2NO2. The summed E-state index contributed by atoms with van der Waals surface area (Å²) in [6, 6.07) is 1.30. The number of aromatic nitrogens is 1. The summed E-state index contributed by atoms with van der Waals surface area (Å²) in [6.45, 7) is 0.177. The first kappa shape index (κ1) is 8.43. The molecule has 1 heterocycles. The van der Waals surface area contributed by atoms with Crippen molar-refractivity contribution in [2.75, 3.05) is 0 Å². The monoisotopic (exact) mass is 193 g/mol. The summed E-state index contributed by atoms with van der Waals surface area (Å²) in [5.41, 5.74) is 0.956. The second kappa shape index (κ2) is 3.64. The maximum Gasteiger partial charge on any atom is 0.282 e. The lowest BCUT2D eigenvalue weighted by molar-refractivity contribution is 0.278. The number of hydrogen-bond acceptors (Lipinski definition) is 2. The molecule has 0 aliphatic heterocycles. The smallest absolute Gasteiger partial charge is 0.282 e. The van der Waals surface area contributed by atoms with Crippen molar-refractivity contribution in [1.29, 1.82) is 0 Å². The van der Waals surface area contributed by atoms with Crippen molar-refractivity contribution in [3.8, 4) is 0 Å². The SMILES string of the molecule is O=c1ccon1C/C(Cl)=C\Cl. The third kappa shape index (κ3) is 2.13. The molecule has 11 heavy (non-hydrogen) atoms. The van der Waals surface area contributed by atoms with Gasteiger partial charge in [-0.25, -0.2) is 0 Å². The molecule has 0 aliphatic rings. The van der Waals surface area contributed by atoms with Gasteiger partial charge in [-0.3, -0.25) is 4.79 Å². The van der Waals surface area contributed by atoms with Gasteiger partial charge < -0.3 is 4.52 Å². The number of hydrogen-bond donors (Lipinski definition) is 0. The van der Waals surface area contributed by atoms with Crippen molar-refractivity contribution in [1.82, 2.24) is 4.74 Å². The van der Waals surface area contributed by atoms with Gasteiger partial charge >= 0.3 is 0 Å². The van der Waals surface area contributed by atoms with Crippen LogP contribution < -0.4 is 5.56 Å². The van der Waals surface area contributed by atoms with Gasteiger partial charge in [0.25, 0.3) is 5.56 Å². The molecule has 3 nitrogen and oxygen atoms in total. The molecule has 0 aromatic carbocycles. The minimum Gasteiger partial charge on any atom is -0.384 e. The maximum atomic E-state index is 10.8. The van der Waals surface area contributed by atoms with Gasteiger partial charge in [0, 0.05) is 11.6 Å². The first-order valence-corrected chi connectivity index (χ1v) is 3.65. The second-order valence-electron chi connectivity index (χ2n) is 1.84. The molecule has 0 unspecified atom stereocenters. The van der Waals surface area contributed by atoms with E-state index in [1.54, 1.807) is 0 Å². The van der Waals surface area contributed by atoms with Crippen LogP contribution in [0.5, 0.6) is 0 Å². The minimum atomic E-state index is -0.235. The van der Waals surface area contributed by atoms with E-state index < -0.39 is 0 Å². The largest absolute Gasteiger partial charge is 0.384 e. The van der Waals surface area contributed by atoms with E-state index in [1.165, 1.54) is 17.9 Å². The van der Waals surface area contributed by atoms with Crippen LogP contribution in [0.25, 0.3) is 0 Å². The fourth-order valence-corrected chi connectivity index (χ4v) is 0.762. The van der Waals surface area contributed by atoms with E-state index in [2.05, 4.69) is 0 Å². The Balaban J connectivity index is 2.80. The van der Waals surface area contributed by atoms with Gasteiger partial charge in [0.1, 0.15) is 6.26 Å². The van der Waals surface area contributed by atoms with Crippen LogP contribution in [-0.4, -0.2) is 4.74 Å². The number of rotatable bonds is 2. The van der Waals surface area contributed by atoms with Gasteiger partial charge in [-0.05, 0) is 0 Å². The van der Waals surface area contributed by atoms with Crippen LogP contribution in [0.1, 0.15) is 0 Å². The van der Waals surface area contributed by atoms with Crippen LogP contribution in [0, 0.1) is 0 Å². The summed E-state index contributed by atoms with van der Waals surface area (Å²) in [5.74, 6) is 0. The van der Waals surface area contributed by atoms with Crippen molar-refractivity contribution >= 4 is 23.2 Å². The van der Waals surface area contributed by atoms with E-state index in [9.17, 15) is 4.79 Å². The third-order valence-corrected chi connectivity index (χ3v) is 1.66. The first-order chi connectivity index (χ1) is 5.24. The van der Waals surface area contributed by atoms with Gasteiger partial charge in [0.15, 0.2) is 0 Å². The number of nitrogens with zero attached hydrogens (tertiary/aromatic N) is 1. The van der Waals surface area contributed by atoms with Crippen LogP contribution in [0.4, 0.5) is 0 Å². The maximum absolute atomic E-state index is 10.8. The molecule has 0 spiro atoms. The van der Waals surface area contributed by atoms with Crippen molar-refractivity contribution in [2.45, 2.75) is 6.54 Å². The Kier molecular flexibility index (Phi) is 2.79. The van der Waals surface area contributed by atoms with E-state index >= 15 is 0 Å². The summed E-state index contributed by atoms with van der Waals surface area (Å²) in [4.78, 5) is 10.8. The van der Waals surface area contributed by atoms with Gasteiger partial charge in [-0.1, -0.05) is 23.2 Å². The Morgan fingerprint density at radius 2 is 2.55 bits per heavy atom. The normalized spacial score (nSPS) is 12.0. The van der Waals surface area contributed by atoms with Crippen molar-refractivity contribution in [2.24, 2.45) is 0 Å². The quantitative estimate of drug-likeness (QED) is 0.718. The van der Waals surface area contributed by atoms with Crippen LogP contribution >= 0.6 is 23.2 Å². The Labute approximate surface area is 72.8 Å². The molecule has 1 aromatic heterocycles. The molecule has 0 bridgehead atoms. The third-order valence-electron chi connectivity index (χ3n) is 1.06. The highest BCUT2D eigenvalue weighted by Crippen LogP contribution is 2.04. The zero-order valence-electron chi connectivity index (χ0n) is 5.46. The van der Waals surface area contributed by atoms with E-state index in [0.29, 0.717) is 5.03 Å². The molecule has 1 aromatic rings. The minimum absolute atomic E-state index is 0.177. The van der Waals surface area contributed by atoms with E-state index in [-0.39, 0.29) is 12.1 Å². The fraction of sp³-hybridized carbons (Fsp3) is 0.167. The van der Waals surface area contributed by atoms with E-state index in [1.807, 2.05) is 0 Å². The highest BCUT2D eigenvalue weighted by atomic mass is 35.5. The predicted octanol–water partition coefficient (Wildman–Crippen LogP) is 1.76. The van der Waals surface area contributed by atoms with Gasteiger partial charge in [0.2, 0.25) is 0 Å². The van der Waals surface area contributed by atoms with Crippen LogP contribution in [0.15, 0.2) is 32.2 Å². The molecule has 5 heteroatoms. The Bertz CT molecular complexity index is 312. The van der Waals surface area contributed by atoms with E-state index in [4.69, 9.17) is 27.7 Å². The molecule has 0 N–H and O–H groups in total. The van der Waals surface area contributed by atoms with E-state index in [0.717, 1.165) is 4.74 Å². The summed E-state index contributed by atoms with van der Waals surface area (Å²) in [6.07, 6.45) is 1.29. The van der Waals surface area contributed by atoms with Crippen molar-refractivity contribution < 1.29 is 4.52 Å². The lowest BCUT2D eigenvalue weighted by Gasteiger charge is -1.94. The molecule has 0 saturated heterocycles. The second-order valence-corrected chi connectivity index (χ2v) is 2.54. The molecule has 0 saturated carbocycles. The molecular weight excluding hydrogens is 189 g/mol. The zero-order valence-corrected chi connectivity index (χ0v) is 6.97. The van der Waals surface area contributed by atoms with Gasteiger partial charge in [-0.2, -0.15) is 4.74 Å². The van der Waals surface area contributed by atoms with Crippen molar-refractivity contribution in [3.63, 3.8) is 0 Å². The topological polar surface area (TPSA) is 35.1 Å². The van der Waals surface area contributed by atoms with Gasteiger partial charge in [-0.15, -0.1) is 0 Å². The average Bonchev–Trinajstić information content (AvgIpc) is 2.37. The number of allylic oxidation sites excluding steroid dienone is 1. The molecule has 0 radical (unpaired) electrons. The van der Waals surface area contributed by atoms with Gasteiger partial charge in [0.05, 0.1) is 11.6 Å².